The van der Waals surface area contributed by atoms with Crippen LogP contribution in [0.25, 0.3) is 33.3 Å². The number of benzene rings is 3. The van der Waals surface area contributed by atoms with Crippen LogP contribution in [0.15, 0.2) is 82.7 Å². The van der Waals surface area contributed by atoms with Crippen LogP contribution < -0.4 is 0 Å². The highest BCUT2D eigenvalue weighted by atomic mass is 32.2. The van der Waals surface area contributed by atoms with E-state index in [1.54, 1.807) is 18.8 Å². The number of aryl methyl sites for hydroxylation is 2. The van der Waals surface area contributed by atoms with Gasteiger partial charge in [-0.2, -0.15) is 4.80 Å². The van der Waals surface area contributed by atoms with Gasteiger partial charge in [-0.1, -0.05) is 59.8 Å². The second-order valence-corrected chi connectivity index (χ2v) is 9.30. The lowest BCUT2D eigenvalue weighted by Gasteiger charge is -2.07. The number of fused-ring (bicyclic) bond motifs is 3. The molecule has 0 atom stereocenters. The van der Waals surface area contributed by atoms with E-state index < -0.39 is 0 Å². The van der Waals surface area contributed by atoms with Gasteiger partial charge in [-0.25, -0.2) is 9.97 Å². The summed E-state index contributed by atoms with van der Waals surface area (Å²) in [6.07, 6.45) is 0.669. The van der Waals surface area contributed by atoms with Gasteiger partial charge in [0, 0.05) is 27.8 Å². The van der Waals surface area contributed by atoms with E-state index in [-0.39, 0.29) is 0 Å². The first-order valence-corrected chi connectivity index (χ1v) is 11.8. The van der Waals surface area contributed by atoms with Gasteiger partial charge in [-0.05, 0) is 48.0 Å². The maximum absolute atomic E-state index is 5.03. The second-order valence-electron chi connectivity index (χ2n) is 8.23. The van der Waals surface area contributed by atoms with Crippen LogP contribution in [0.2, 0.25) is 0 Å². The number of aromatic nitrogens is 7. The number of rotatable bonds is 5. The number of hydrogen-bond acceptors (Lipinski definition) is 6. The van der Waals surface area contributed by atoms with Crippen LogP contribution in [0, 0.1) is 6.92 Å². The van der Waals surface area contributed by atoms with Crippen LogP contribution in [0.1, 0.15) is 17.0 Å². The summed E-state index contributed by atoms with van der Waals surface area (Å²) >= 11 is 1.66. The van der Waals surface area contributed by atoms with Gasteiger partial charge in [-0.15, -0.1) is 10.2 Å². The first-order chi connectivity index (χ1) is 16.6. The Balaban J connectivity index is 1.52. The standard InChI is InChI=1S/C26H21N7S/c1-16-8-11-19(12-9-16)34-26-23-20-15-18(24-30-32-33(2)31-24)10-13-21(20)27-25(23)28-22(29-26)14-17-6-4-3-5-7-17/h3-13,15H,14H2,1-2H3,(H,27,28,29). The molecule has 3 aromatic heterocycles. The zero-order chi connectivity index (χ0) is 23.1. The molecule has 34 heavy (non-hydrogen) atoms. The molecule has 6 rings (SSSR count). The van der Waals surface area contributed by atoms with E-state index in [9.17, 15) is 0 Å². The van der Waals surface area contributed by atoms with Gasteiger partial charge in [0.15, 0.2) is 0 Å². The zero-order valence-corrected chi connectivity index (χ0v) is 19.5. The molecule has 0 saturated heterocycles. The number of nitrogens with one attached hydrogen (secondary N) is 1. The maximum atomic E-state index is 5.03. The summed E-state index contributed by atoms with van der Waals surface area (Å²) in [5.74, 6) is 1.38. The molecule has 3 aromatic carbocycles. The van der Waals surface area contributed by atoms with Crippen LogP contribution in [0.4, 0.5) is 0 Å². The Hall–Kier alpha value is -4.04. The molecule has 7 nitrogen and oxygen atoms in total. The van der Waals surface area contributed by atoms with Crippen molar-refractivity contribution in [1.82, 2.24) is 35.2 Å². The van der Waals surface area contributed by atoms with Gasteiger partial charge in [0.1, 0.15) is 16.5 Å². The van der Waals surface area contributed by atoms with Crippen LogP contribution in [0.3, 0.4) is 0 Å². The summed E-state index contributed by atoms with van der Waals surface area (Å²) in [6.45, 7) is 2.09. The molecular weight excluding hydrogens is 442 g/mol. The lowest BCUT2D eigenvalue weighted by molar-refractivity contribution is 0.630. The van der Waals surface area contributed by atoms with Crippen molar-refractivity contribution >= 4 is 33.7 Å². The molecule has 0 aliphatic heterocycles. The number of H-pyrrole nitrogens is 1. The Morgan fingerprint density at radius 2 is 1.76 bits per heavy atom. The van der Waals surface area contributed by atoms with Crippen molar-refractivity contribution in [1.29, 1.82) is 0 Å². The molecular formula is C26H21N7S. The van der Waals surface area contributed by atoms with E-state index in [0.717, 1.165) is 43.2 Å². The monoisotopic (exact) mass is 463 g/mol. The van der Waals surface area contributed by atoms with E-state index in [1.807, 2.05) is 30.3 Å². The van der Waals surface area contributed by atoms with Crippen LogP contribution in [0.5, 0.6) is 0 Å². The maximum Gasteiger partial charge on any atom is 0.204 e. The van der Waals surface area contributed by atoms with E-state index in [0.29, 0.717) is 12.2 Å². The Morgan fingerprint density at radius 1 is 0.941 bits per heavy atom. The highest BCUT2D eigenvalue weighted by Gasteiger charge is 2.17. The SMILES string of the molecule is Cc1ccc(Sc2nc(Cc3ccccc3)nc3[nH]c4ccc(-c5nnn(C)n5)cc4c23)cc1. The van der Waals surface area contributed by atoms with Crippen LogP contribution >= 0.6 is 11.8 Å². The molecule has 0 radical (unpaired) electrons. The molecule has 0 saturated carbocycles. The molecule has 166 valence electrons. The van der Waals surface area contributed by atoms with E-state index in [2.05, 4.69) is 69.8 Å². The van der Waals surface area contributed by atoms with Gasteiger partial charge < -0.3 is 4.98 Å². The topological polar surface area (TPSA) is 85.2 Å². The fourth-order valence-electron chi connectivity index (χ4n) is 3.99. The first kappa shape index (κ1) is 20.6. The Kier molecular flexibility index (Phi) is 5.07. The molecule has 0 unspecified atom stereocenters. The van der Waals surface area contributed by atoms with Gasteiger partial charge in [0.05, 0.1) is 12.4 Å². The quantitative estimate of drug-likeness (QED) is 0.347. The minimum Gasteiger partial charge on any atom is -0.339 e. The Bertz CT molecular complexity index is 1620. The normalized spacial score (nSPS) is 11.5. The minimum absolute atomic E-state index is 0.591. The van der Waals surface area contributed by atoms with Gasteiger partial charge in [0.25, 0.3) is 0 Å². The van der Waals surface area contributed by atoms with Crippen molar-refractivity contribution in [2.45, 2.75) is 23.3 Å². The summed E-state index contributed by atoms with van der Waals surface area (Å²) in [6, 6.07) is 25.0. The summed E-state index contributed by atoms with van der Waals surface area (Å²) in [5.41, 5.74) is 5.14. The van der Waals surface area contributed by atoms with Crippen molar-refractivity contribution in [3.63, 3.8) is 0 Å². The van der Waals surface area contributed by atoms with Crippen LogP contribution in [-0.4, -0.2) is 35.2 Å². The highest BCUT2D eigenvalue weighted by molar-refractivity contribution is 7.99. The highest BCUT2D eigenvalue weighted by Crippen LogP contribution is 2.37. The van der Waals surface area contributed by atoms with Crippen molar-refractivity contribution in [3.05, 3.63) is 89.7 Å². The third-order valence-electron chi connectivity index (χ3n) is 5.67. The minimum atomic E-state index is 0.591. The summed E-state index contributed by atoms with van der Waals surface area (Å²) < 4.78 is 0. The average molecular weight is 464 g/mol. The summed E-state index contributed by atoms with van der Waals surface area (Å²) in [5, 5.41) is 15.5. The van der Waals surface area contributed by atoms with Gasteiger partial charge in [-0.3, -0.25) is 0 Å². The number of aromatic amines is 1. The number of nitrogens with zero attached hydrogens (tertiary/aromatic N) is 6. The third-order valence-corrected chi connectivity index (χ3v) is 6.67. The van der Waals surface area contributed by atoms with Crippen molar-refractivity contribution < 1.29 is 0 Å². The lowest BCUT2D eigenvalue weighted by Crippen LogP contribution is -1.99. The molecule has 0 amide bonds. The molecule has 3 heterocycles. The molecule has 1 N–H and O–H groups in total. The average Bonchev–Trinajstić information content (AvgIpc) is 3.44. The largest absolute Gasteiger partial charge is 0.339 e. The third kappa shape index (κ3) is 3.92. The number of tetrazole rings is 1. The Labute approximate surface area is 200 Å². The van der Waals surface area contributed by atoms with E-state index in [1.165, 1.54) is 15.9 Å². The summed E-state index contributed by atoms with van der Waals surface area (Å²) in [7, 11) is 1.76. The Morgan fingerprint density at radius 3 is 2.53 bits per heavy atom. The predicted molar refractivity (Wildman–Crippen MR) is 134 cm³/mol. The molecule has 8 heteroatoms. The smallest absolute Gasteiger partial charge is 0.204 e. The molecule has 0 spiro atoms. The molecule has 0 bridgehead atoms. The molecule has 0 aliphatic rings. The van der Waals surface area contributed by atoms with Crippen molar-refractivity contribution in [2.75, 3.05) is 0 Å². The lowest BCUT2D eigenvalue weighted by atomic mass is 10.1. The van der Waals surface area contributed by atoms with E-state index >= 15 is 0 Å². The van der Waals surface area contributed by atoms with Crippen molar-refractivity contribution in [3.8, 4) is 11.4 Å². The van der Waals surface area contributed by atoms with Crippen molar-refractivity contribution in [2.24, 2.45) is 7.05 Å². The first-order valence-electron chi connectivity index (χ1n) is 11.0. The predicted octanol–water partition coefficient (Wildman–Crippen LogP) is 5.35. The molecule has 6 aromatic rings. The van der Waals surface area contributed by atoms with Crippen LogP contribution in [-0.2, 0) is 13.5 Å². The van der Waals surface area contributed by atoms with Gasteiger partial charge >= 0.3 is 0 Å². The van der Waals surface area contributed by atoms with E-state index in [4.69, 9.17) is 9.97 Å². The fraction of sp³-hybridized carbons (Fsp3) is 0.115. The summed E-state index contributed by atoms with van der Waals surface area (Å²) in [4.78, 5) is 16.0. The second kappa shape index (κ2) is 8.39. The zero-order valence-electron chi connectivity index (χ0n) is 18.7. The van der Waals surface area contributed by atoms with Gasteiger partial charge in [0.2, 0.25) is 5.82 Å². The molecule has 0 aliphatic carbocycles. The number of hydrogen-bond donors (Lipinski definition) is 1. The fourth-order valence-corrected chi connectivity index (χ4v) is 4.95. The molecule has 0 fully saturated rings.